The van der Waals surface area contributed by atoms with Crippen molar-refractivity contribution in [3.63, 3.8) is 0 Å². The molecule has 7 amide bonds. The lowest BCUT2D eigenvalue weighted by Gasteiger charge is -2.33. The van der Waals surface area contributed by atoms with E-state index in [-0.39, 0.29) is 56.0 Å². The first-order valence-electron chi connectivity index (χ1n) is 19.6. The monoisotopic (exact) mass is 883 g/mol. The summed E-state index contributed by atoms with van der Waals surface area (Å²) >= 11 is 8.21. The first-order chi connectivity index (χ1) is 28.6. The molecule has 334 valence electrons. The van der Waals surface area contributed by atoms with Crippen molar-refractivity contribution in [2.45, 2.75) is 99.7 Å². The zero-order chi connectivity index (χ0) is 44.5. The fourth-order valence-corrected chi connectivity index (χ4v) is 7.33. The Morgan fingerprint density at radius 2 is 1.25 bits per heavy atom. The Balaban J connectivity index is 1.78. The van der Waals surface area contributed by atoms with Crippen LogP contribution in [0.25, 0.3) is 0 Å². The lowest BCUT2D eigenvalue weighted by Crippen LogP contribution is -2.60. The minimum atomic E-state index is -1.52. The Morgan fingerprint density at radius 3 is 1.83 bits per heavy atom. The first-order valence-corrected chi connectivity index (χ1v) is 20.9. The molecule has 2 aliphatic rings. The summed E-state index contributed by atoms with van der Waals surface area (Å²) in [4.78, 5) is 108. The van der Waals surface area contributed by atoms with Crippen LogP contribution in [0.3, 0.4) is 0 Å². The van der Waals surface area contributed by atoms with Gasteiger partial charge in [-0.15, -0.1) is 0 Å². The van der Waals surface area contributed by atoms with Crippen molar-refractivity contribution < 1.29 is 58.8 Å². The van der Waals surface area contributed by atoms with Crippen LogP contribution in [0.4, 0.5) is 0 Å². The molecule has 2 fully saturated rings. The minimum Gasteiger partial charge on any atom is -0.508 e. The van der Waals surface area contributed by atoms with Crippen LogP contribution in [-0.2, 0) is 44.8 Å². The molecule has 0 aromatic heterocycles. The van der Waals surface area contributed by atoms with E-state index >= 15 is 0 Å². The fraction of sp³-hybridized carbons (Fsp3) is 0.622. The van der Waals surface area contributed by atoms with Crippen LogP contribution in [-0.4, -0.2) is 170 Å². The average Bonchev–Trinajstić information content (AvgIpc) is 3.94. The maximum absolute atomic E-state index is 14.1. The van der Waals surface area contributed by atoms with Crippen molar-refractivity contribution in [2.75, 3.05) is 44.4 Å². The van der Waals surface area contributed by atoms with E-state index in [4.69, 9.17) is 11.5 Å². The standard InChI is InChI=1S/C37H57N9O12S2/c38-12-2-1-5-23(40-30(50)22(39)16-47)31(51)41-24(15-20-8-10-21(49)11-9-20)32(52)43-26(18-59)35(55)46-14-4-7-29(46)36(56)45-13-3-6-28(45)34(54)42-25(17-48)33(53)44-27(19-60)37(57)58/h8-11,22-29,47-49,59-60H,1-7,12-19,38-39H2,(H,40,50)(H,41,51)(H,42,54)(H,43,52)(H,44,53)(H,57,58)/t22-,23-,24-,25-,26-,27-,28-,29-/m0/s1. The number of nitrogens with one attached hydrogen (secondary N) is 5. The van der Waals surface area contributed by atoms with E-state index < -0.39 is 109 Å². The molecule has 60 heavy (non-hydrogen) atoms. The number of rotatable bonds is 23. The largest absolute Gasteiger partial charge is 0.508 e. The average molecular weight is 884 g/mol. The topological polar surface area (TPSA) is 336 Å². The van der Waals surface area contributed by atoms with Crippen molar-refractivity contribution in [1.82, 2.24) is 36.4 Å². The van der Waals surface area contributed by atoms with Gasteiger partial charge in [-0.3, -0.25) is 33.6 Å². The van der Waals surface area contributed by atoms with Crippen molar-refractivity contribution in [2.24, 2.45) is 11.5 Å². The van der Waals surface area contributed by atoms with Gasteiger partial charge in [-0.1, -0.05) is 12.1 Å². The lowest BCUT2D eigenvalue weighted by molar-refractivity contribution is -0.148. The number of aliphatic hydroxyl groups is 2. The van der Waals surface area contributed by atoms with E-state index in [1.807, 2.05) is 0 Å². The van der Waals surface area contributed by atoms with Crippen LogP contribution in [0.2, 0.25) is 0 Å². The number of unbranched alkanes of at least 4 members (excludes halogenated alkanes) is 1. The van der Waals surface area contributed by atoms with E-state index in [0.29, 0.717) is 37.8 Å². The molecule has 2 saturated heterocycles. The molecule has 1 aromatic carbocycles. The van der Waals surface area contributed by atoms with Crippen LogP contribution in [0.15, 0.2) is 24.3 Å². The summed E-state index contributed by atoms with van der Waals surface area (Å²) in [5.74, 6) is -7.13. The molecule has 0 spiro atoms. The molecular formula is C37H57N9O12S2. The molecule has 1 aromatic rings. The Bertz CT molecular complexity index is 1680. The summed E-state index contributed by atoms with van der Waals surface area (Å²) < 4.78 is 0. The number of phenols is 1. The summed E-state index contributed by atoms with van der Waals surface area (Å²) in [5, 5.41) is 50.6. The number of carbonyl (C=O) groups is 8. The Labute approximate surface area is 357 Å². The minimum absolute atomic E-state index is 0.0413. The molecule has 0 radical (unpaired) electrons. The third-order valence-electron chi connectivity index (χ3n) is 10.2. The van der Waals surface area contributed by atoms with Crippen LogP contribution in [0, 0.1) is 0 Å². The van der Waals surface area contributed by atoms with Gasteiger partial charge in [0.15, 0.2) is 0 Å². The highest BCUT2D eigenvalue weighted by Gasteiger charge is 2.44. The highest BCUT2D eigenvalue weighted by Crippen LogP contribution is 2.26. The van der Waals surface area contributed by atoms with Crippen LogP contribution in [0.1, 0.15) is 50.5 Å². The lowest BCUT2D eigenvalue weighted by atomic mass is 10.0. The Morgan fingerprint density at radius 1 is 0.700 bits per heavy atom. The third-order valence-corrected chi connectivity index (χ3v) is 10.9. The van der Waals surface area contributed by atoms with Gasteiger partial charge in [0.2, 0.25) is 41.4 Å². The molecule has 13 N–H and O–H groups in total. The van der Waals surface area contributed by atoms with Crippen molar-refractivity contribution >= 4 is 72.6 Å². The molecule has 21 nitrogen and oxygen atoms in total. The van der Waals surface area contributed by atoms with Gasteiger partial charge in [-0.05, 0) is 69.2 Å². The summed E-state index contributed by atoms with van der Waals surface area (Å²) in [7, 11) is 0. The second-order valence-corrected chi connectivity index (χ2v) is 15.2. The number of hydrogen-bond acceptors (Lipinski definition) is 15. The molecule has 3 rings (SSSR count). The molecular weight excluding hydrogens is 827 g/mol. The molecule has 8 atom stereocenters. The summed E-state index contributed by atoms with van der Waals surface area (Å²) in [6.45, 7) is -0.926. The fourth-order valence-electron chi connectivity index (χ4n) is 6.83. The van der Waals surface area contributed by atoms with Gasteiger partial charge in [-0.25, -0.2) is 4.79 Å². The second-order valence-electron chi connectivity index (χ2n) is 14.5. The van der Waals surface area contributed by atoms with Crippen LogP contribution < -0.4 is 38.1 Å². The zero-order valence-electron chi connectivity index (χ0n) is 33.0. The number of hydrogen-bond donors (Lipinski definition) is 13. The highest BCUT2D eigenvalue weighted by atomic mass is 32.1. The van der Waals surface area contributed by atoms with Crippen LogP contribution in [0.5, 0.6) is 5.75 Å². The molecule has 0 unspecified atom stereocenters. The second kappa shape index (κ2) is 24.5. The number of nitrogens with zero attached hydrogens (tertiary/aromatic N) is 2. The number of benzene rings is 1. The number of aliphatic carboxylic acids is 1. The number of phenolic OH excluding ortho intramolecular Hbond substituents is 1. The van der Waals surface area contributed by atoms with Gasteiger partial charge in [0.1, 0.15) is 54.1 Å². The molecule has 0 saturated carbocycles. The normalized spacial score (nSPS) is 19.2. The number of thiol groups is 2. The van der Waals surface area contributed by atoms with Gasteiger partial charge in [-0.2, -0.15) is 25.3 Å². The summed E-state index contributed by atoms with van der Waals surface area (Å²) in [6, 6.07) is -4.22. The van der Waals surface area contributed by atoms with E-state index in [2.05, 4.69) is 51.8 Å². The zero-order valence-corrected chi connectivity index (χ0v) is 34.8. The van der Waals surface area contributed by atoms with Crippen LogP contribution >= 0.6 is 25.3 Å². The number of carboxylic acid groups (broad SMARTS) is 1. The maximum Gasteiger partial charge on any atom is 0.327 e. The van der Waals surface area contributed by atoms with E-state index in [1.54, 1.807) is 0 Å². The molecule has 0 aliphatic carbocycles. The van der Waals surface area contributed by atoms with Gasteiger partial charge in [0.25, 0.3) is 0 Å². The van der Waals surface area contributed by atoms with Gasteiger partial charge in [0, 0.05) is 31.0 Å². The Hall–Kier alpha value is -4.68. The van der Waals surface area contributed by atoms with E-state index in [9.17, 15) is 58.8 Å². The number of carboxylic acids is 1. The smallest absolute Gasteiger partial charge is 0.327 e. The van der Waals surface area contributed by atoms with Crippen molar-refractivity contribution in [3.05, 3.63) is 29.8 Å². The summed E-state index contributed by atoms with van der Waals surface area (Å²) in [5.41, 5.74) is 11.8. The Kier molecular flexibility index (Phi) is 20.3. The van der Waals surface area contributed by atoms with Gasteiger partial charge < -0.3 is 68.3 Å². The predicted octanol–water partition coefficient (Wildman–Crippen LogP) is -4.27. The number of aromatic hydroxyl groups is 1. The molecule has 2 aliphatic heterocycles. The van der Waals surface area contributed by atoms with Gasteiger partial charge >= 0.3 is 5.97 Å². The van der Waals surface area contributed by atoms with Crippen molar-refractivity contribution in [3.8, 4) is 5.75 Å². The predicted molar refractivity (Wildman–Crippen MR) is 221 cm³/mol. The first kappa shape index (κ1) is 49.7. The van der Waals surface area contributed by atoms with E-state index in [1.165, 1.54) is 34.1 Å². The summed E-state index contributed by atoms with van der Waals surface area (Å²) in [6.07, 6.45) is 2.25. The number of aliphatic hydroxyl groups excluding tert-OH is 2. The maximum atomic E-state index is 14.1. The number of nitrogens with two attached hydrogens (primary N) is 2. The molecule has 0 bridgehead atoms. The van der Waals surface area contributed by atoms with Gasteiger partial charge in [0.05, 0.1) is 13.2 Å². The number of likely N-dealkylation sites (tertiary alicyclic amines) is 2. The van der Waals surface area contributed by atoms with Crippen molar-refractivity contribution in [1.29, 1.82) is 0 Å². The number of amides is 7. The quantitative estimate of drug-likeness (QED) is 0.0366. The SMILES string of the molecule is NCCCC[C@H](NC(=O)[C@@H](N)CO)C(=O)N[C@@H](Cc1ccc(O)cc1)C(=O)N[C@@H](CS)C(=O)N1CCC[C@H]1C(=O)N1CCC[C@H]1C(=O)N[C@@H](CO)C(=O)N[C@@H](CS)C(=O)O. The molecule has 2 heterocycles. The van der Waals surface area contributed by atoms with E-state index in [0.717, 1.165) is 0 Å². The molecule has 23 heteroatoms. The highest BCUT2D eigenvalue weighted by molar-refractivity contribution is 7.80. The third kappa shape index (κ3) is 13.9. The number of carbonyl (C=O) groups excluding carboxylic acids is 7.